The van der Waals surface area contributed by atoms with E-state index < -0.39 is 6.04 Å². The second kappa shape index (κ2) is 12.2. The number of benzene rings is 2. The molecule has 39 heavy (non-hydrogen) atoms. The van der Waals surface area contributed by atoms with Crippen molar-refractivity contribution in [2.75, 3.05) is 12.0 Å². The van der Waals surface area contributed by atoms with Crippen LogP contribution in [-0.2, 0) is 16.0 Å². The summed E-state index contributed by atoms with van der Waals surface area (Å²) in [6.45, 7) is 2.00. The highest BCUT2D eigenvalue weighted by Crippen LogP contribution is 2.35. The van der Waals surface area contributed by atoms with E-state index in [1.54, 1.807) is 30.2 Å². The van der Waals surface area contributed by atoms with Gasteiger partial charge in [0.1, 0.15) is 23.8 Å². The number of nitrogens with one attached hydrogen (secondary N) is 1. The number of carbonyl (C=O) groups excluding carboxylic acids is 2. The minimum absolute atomic E-state index is 0.102. The van der Waals surface area contributed by atoms with Crippen LogP contribution in [-0.4, -0.2) is 45.2 Å². The average Bonchev–Trinajstić information content (AvgIpc) is 3.67. The molecule has 0 radical (unpaired) electrons. The van der Waals surface area contributed by atoms with Crippen LogP contribution < -0.4 is 15.0 Å². The summed E-state index contributed by atoms with van der Waals surface area (Å²) in [6.07, 6.45) is 6.92. The zero-order valence-corrected chi connectivity index (χ0v) is 22.9. The quantitative estimate of drug-likeness (QED) is 0.325. The van der Waals surface area contributed by atoms with E-state index in [2.05, 4.69) is 20.8 Å². The third kappa shape index (κ3) is 6.17. The van der Waals surface area contributed by atoms with E-state index in [9.17, 15) is 9.59 Å². The number of aryl methyl sites for hydroxylation is 1. The van der Waals surface area contributed by atoms with Crippen LogP contribution in [0.25, 0.3) is 5.69 Å². The minimum Gasteiger partial charge on any atom is -0.494 e. The van der Waals surface area contributed by atoms with E-state index >= 15 is 0 Å². The van der Waals surface area contributed by atoms with Crippen LogP contribution in [0.2, 0.25) is 0 Å². The third-order valence-electron chi connectivity index (χ3n) is 7.06. The first-order valence-corrected chi connectivity index (χ1v) is 14.0. The number of hydrogen-bond donors (Lipinski definition) is 1. The normalized spacial score (nSPS) is 14.5. The number of tetrazole rings is 1. The van der Waals surface area contributed by atoms with E-state index in [-0.39, 0.29) is 24.3 Å². The Balaban J connectivity index is 1.59. The lowest BCUT2D eigenvalue weighted by Crippen LogP contribution is -2.47. The Bertz CT molecular complexity index is 1380. The summed E-state index contributed by atoms with van der Waals surface area (Å²) in [7, 11) is 1.55. The van der Waals surface area contributed by atoms with E-state index in [0.29, 0.717) is 17.1 Å². The van der Waals surface area contributed by atoms with Crippen molar-refractivity contribution in [3.63, 3.8) is 0 Å². The molecule has 1 saturated carbocycles. The lowest BCUT2D eigenvalue weighted by Gasteiger charge is -2.34. The summed E-state index contributed by atoms with van der Waals surface area (Å²) in [4.78, 5) is 30.7. The molecule has 0 aliphatic heterocycles. The van der Waals surface area contributed by atoms with Crippen molar-refractivity contribution in [3.8, 4) is 11.4 Å². The molecule has 9 nitrogen and oxygen atoms in total. The maximum Gasteiger partial charge on any atom is 0.248 e. The Morgan fingerprint density at radius 1 is 1.13 bits per heavy atom. The van der Waals surface area contributed by atoms with E-state index in [1.165, 1.54) is 28.8 Å². The zero-order valence-electron chi connectivity index (χ0n) is 22.1. The molecule has 0 saturated heterocycles. The largest absolute Gasteiger partial charge is 0.494 e. The lowest BCUT2D eigenvalue weighted by atomic mass is 9.94. The average molecular weight is 545 g/mol. The zero-order chi connectivity index (χ0) is 27.2. The van der Waals surface area contributed by atoms with Crippen LogP contribution in [0.1, 0.15) is 54.1 Å². The Morgan fingerprint density at radius 2 is 1.92 bits per heavy atom. The number of anilines is 1. The molecule has 202 valence electrons. The second-order valence-electron chi connectivity index (χ2n) is 9.79. The first-order valence-electron chi connectivity index (χ1n) is 13.2. The van der Waals surface area contributed by atoms with Gasteiger partial charge in [0.25, 0.3) is 0 Å². The van der Waals surface area contributed by atoms with Crippen molar-refractivity contribution in [2.24, 2.45) is 0 Å². The van der Waals surface area contributed by atoms with Gasteiger partial charge in [-0.3, -0.25) is 14.5 Å². The highest BCUT2D eigenvalue weighted by atomic mass is 32.1. The van der Waals surface area contributed by atoms with E-state index in [1.807, 2.05) is 48.7 Å². The van der Waals surface area contributed by atoms with Crippen LogP contribution >= 0.6 is 11.3 Å². The molecule has 0 bridgehead atoms. The maximum absolute atomic E-state index is 14.1. The van der Waals surface area contributed by atoms with Crippen LogP contribution in [0.15, 0.2) is 66.3 Å². The van der Waals surface area contributed by atoms with E-state index in [0.717, 1.165) is 41.7 Å². The van der Waals surface area contributed by atoms with Crippen molar-refractivity contribution < 1.29 is 14.3 Å². The Kier molecular flexibility index (Phi) is 8.31. The number of rotatable bonds is 9. The number of ether oxygens (including phenoxy) is 1. The van der Waals surface area contributed by atoms with Crippen LogP contribution in [0.4, 0.5) is 5.69 Å². The number of hydrogen-bond acceptors (Lipinski definition) is 7. The molecule has 1 aliphatic carbocycles. The van der Waals surface area contributed by atoms with E-state index in [4.69, 9.17) is 4.74 Å². The second-order valence-corrected chi connectivity index (χ2v) is 10.8. The predicted octanol–water partition coefficient (Wildman–Crippen LogP) is 4.81. The van der Waals surface area contributed by atoms with Gasteiger partial charge >= 0.3 is 0 Å². The summed E-state index contributed by atoms with van der Waals surface area (Å²) >= 11 is 1.52. The Hall–Kier alpha value is -4.05. The third-order valence-corrected chi connectivity index (χ3v) is 7.94. The molecule has 4 aromatic rings. The summed E-state index contributed by atoms with van der Waals surface area (Å²) in [6, 6.07) is 16.3. The topological polar surface area (TPSA) is 102 Å². The van der Waals surface area contributed by atoms with Gasteiger partial charge < -0.3 is 10.1 Å². The SMILES string of the molecule is COc1cc(N(C(=O)Cc2cccs2)[C@@H](C(=O)NC2CCCCC2)c2ccc(C)cc2)ccc1-n1cnnn1. The summed E-state index contributed by atoms with van der Waals surface area (Å²) in [5, 5.41) is 16.6. The highest BCUT2D eigenvalue weighted by Gasteiger charge is 2.34. The molecule has 1 N–H and O–H groups in total. The van der Waals surface area contributed by atoms with Crippen molar-refractivity contribution in [1.82, 2.24) is 25.5 Å². The number of methoxy groups -OCH3 is 1. The van der Waals surface area contributed by atoms with Crippen LogP contribution in [0, 0.1) is 6.92 Å². The number of amides is 2. The number of nitrogens with zero attached hydrogens (tertiary/aromatic N) is 5. The molecule has 2 aromatic carbocycles. The molecule has 1 aliphatic rings. The van der Waals surface area contributed by atoms with Crippen LogP contribution in [0.5, 0.6) is 5.75 Å². The highest BCUT2D eigenvalue weighted by molar-refractivity contribution is 7.10. The molecule has 2 aromatic heterocycles. The molecular formula is C29H32N6O3S. The van der Waals surface area contributed by atoms with Gasteiger partial charge in [-0.05, 0) is 59.3 Å². The lowest BCUT2D eigenvalue weighted by molar-refractivity contribution is -0.127. The summed E-state index contributed by atoms with van der Waals surface area (Å²) in [5.41, 5.74) is 3.00. The first kappa shape index (κ1) is 26.6. The van der Waals surface area contributed by atoms with Gasteiger partial charge in [-0.25, -0.2) is 0 Å². The molecular weight excluding hydrogens is 512 g/mol. The fourth-order valence-corrected chi connectivity index (χ4v) is 5.75. The maximum atomic E-state index is 14.1. The van der Waals surface area contributed by atoms with Crippen molar-refractivity contribution in [2.45, 2.75) is 57.5 Å². The first-order chi connectivity index (χ1) is 19.0. The molecule has 1 fully saturated rings. The molecule has 10 heteroatoms. The van der Waals surface area contributed by atoms with Crippen molar-refractivity contribution >= 4 is 28.8 Å². The molecule has 1 atom stereocenters. The molecule has 0 spiro atoms. The Morgan fingerprint density at radius 3 is 2.59 bits per heavy atom. The minimum atomic E-state index is -0.858. The van der Waals surface area contributed by atoms with Gasteiger partial charge in [0.05, 0.1) is 13.5 Å². The Labute approximate surface area is 231 Å². The van der Waals surface area contributed by atoms with Crippen LogP contribution in [0.3, 0.4) is 0 Å². The smallest absolute Gasteiger partial charge is 0.248 e. The van der Waals surface area contributed by atoms with Gasteiger partial charge in [0.15, 0.2) is 0 Å². The summed E-state index contributed by atoms with van der Waals surface area (Å²) < 4.78 is 7.17. The fraction of sp³-hybridized carbons (Fsp3) is 0.345. The van der Waals surface area contributed by atoms with Crippen molar-refractivity contribution in [3.05, 3.63) is 82.3 Å². The number of thiophene rings is 1. The van der Waals surface area contributed by atoms with Gasteiger partial charge in [0, 0.05) is 22.7 Å². The number of aromatic nitrogens is 4. The fourth-order valence-electron chi connectivity index (χ4n) is 5.06. The molecule has 0 unspecified atom stereocenters. The predicted molar refractivity (Wildman–Crippen MR) is 150 cm³/mol. The summed E-state index contributed by atoms with van der Waals surface area (Å²) in [5.74, 6) is 0.108. The van der Waals surface area contributed by atoms with Gasteiger partial charge in [0.2, 0.25) is 11.8 Å². The van der Waals surface area contributed by atoms with Gasteiger partial charge in [-0.1, -0.05) is 55.2 Å². The molecule has 5 rings (SSSR count). The molecule has 2 heterocycles. The van der Waals surface area contributed by atoms with Gasteiger partial charge in [-0.2, -0.15) is 4.68 Å². The number of carbonyl (C=O) groups is 2. The standard InChI is InChI=1S/C29H32N6O3S/c1-20-10-12-21(13-11-20)28(29(37)31-22-7-4-3-5-8-22)35(27(36)18-24-9-6-16-39-24)23-14-15-25(26(17-23)38-2)34-19-30-32-33-34/h6,9-17,19,22,28H,3-5,7-8,18H2,1-2H3,(H,31,37)/t28-/m1/s1. The monoisotopic (exact) mass is 544 g/mol. The molecule has 2 amide bonds. The van der Waals surface area contributed by atoms with Gasteiger partial charge in [-0.15, -0.1) is 16.4 Å². The van der Waals surface area contributed by atoms with Crippen molar-refractivity contribution in [1.29, 1.82) is 0 Å².